The zero-order valence-corrected chi connectivity index (χ0v) is 22.0. The van der Waals surface area contributed by atoms with Crippen LogP contribution in [-0.2, 0) is 23.8 Å². The second-order valence-electron chi connectivity index (χ2n) is 11.9. The summed E-state index contributed by atoms with van der Waals surface area (Å²) < 4.78 is 17.7. The topological polar surface area (TPSA) is 119 Å². The predicted octanol–water partition coefficient (Wildman–Crippen LogP) is 3.00. The van der Waals surface area contributed by atoms with Crippen LogP contribution in [0.5, 0.6) is 0 Å². The minimum Gasteiger partial charge on any atom is -0.455 e. The summed E-state index contributed by atoms with van der Waals surface area (Å²) in [6, 6.07) is 8.54. The Hall–Kier alpha value is -2.55. The second-order valence-corrected chi connectivity index (χ2v) is 11.9. The van der Waals surface area contributed by atoms with E-state index in [-0.39, 0.29) is 24.9 Å². The quantitative estimate of drug-likeness (QED) is 0.469. The molecule has 1 heterocycles. The summed E-state index contributed by atoms with van der Waals surface area (Å²) in [5.74, 6) is -2.63. The molecule has 1 aromatic carbocycles. The maximum absolute atomic E-state index is 14.5. The number of rotatable bonds is 3. The van der Waals surface area contributed by atoms with Gasteiger partial charge in [-0.1, -0.05) is 37.6 Å². The average molecular weight is 513 g/mol. The van der Waals surface area contributed by atoms with Gasteiger partial charge in [0.1, 0.15) is 11.7 Å². The molecule has 3 aliphatic carbocycles. The molecule has 8 nitrogen and oxygen atoms in total. The van der Waals surface area contributed by atoms with Crippen LogP contribution in [0.4, 0.5) is 0 Å². The van der Waals surface area contributed by atoms with E-state index in [0.29, 0.717) is 24.2 Å². The Labute approximate surface area is 217 Å². The lowest BCUT2D eigenvalue weighted by atomic mass is 9.46. The summed E-state index contributed by atoms with van der Waals surface area (Å²) in [5, 5.41) is 24.1. The van der Waals surface area contributed by atoms with Gasteiger partial charge in [-0.25, -0.2) is 4.79 Å². The number of ether oxygens (including phenoxy) is 3. The number of carbonyl (C=O) groups excluding carboxylic acids is 3. The molecule has 2 saturated carbocycles. The Bertz CT molecular complexity index is 1160. The van der Waals surface area contributed by atoms with Crippen LogP contribution in [0.15, 0.2) is 41.5 Å². The second kappa shape index (κ2) is 8.75. The zero-order valence-electron chi connectivity index (χ0n) is 22.0. The van der Waals surface area contributed by atoms with Gasteiger partial charge in [0.2, 0.25) is 0 Å². The molecule has 0 spiro atoms. The summed E-state index contributed by atoms with van der Waals surface area (Å²) in [5.41, 5.74) is -2.46. The van der Waals surface area contributed by atoms with Crippen molar-refractivity contribution < 1.29 is 38.8 Å². The number of esters is 2. The summed E-state index contributed by atoms with van der Waals surface area (Å²) >= 11 is 0. The van der Waals surface area contributed by atoms with Gasteiger partial charge in [-0.2, -0.15) is 0 Å². The molecule has 4 unspecified atom stereocenters. The molecular weight excluding hydrogens is 476 g/mol. The fourth-order valence-corrected chi connectivity index (χ4v) is 7.48. The first-order valence-corrected chi connectivity index (χ1v) is 13.0. The van der Waals surface area contributed by atoms with E-state index in [4.69, 9.17) is 14.2 Å². The smallest absolute Gasteiger partial charge is 0.338 e. The Morgan fingerprint density at radius 2 is 1.78 bits per heavy atom. The summed E-state index contributed by atoms with van der Waals surface area (Å²) in [7, 11) is 0. The van der Waals surface area contributed by atoms with Crippen molar-refractivity contribution in [3.05, 3.63) is 47.0 Å². The van der Waals surface area contributed by atoms with Gasteiger partial charge in [-0.05, 0) is 44.4 Å². The molecule has 200 valence electrons. The fraction of sp³-hybridized carbons (Fsp3) is 0.621. The molecule has 37 heavy (non-hydrogen) atoms. The third-order valence-electron chi connectivity index (χ3n) is 9.73. The van der Waals surface area contributed by atoms with E-state index < -0.39 is 58.4 Å². The van der Waals surface area contributed by atoms with E-state index in [9.17, 15) is 24.6 Å². The molecule has 4 aliphatic rings. The number of benzene rings is 1. The van der Waals surface area contributed by atoms with Crippen LogP contribution in [0.25, 0.3) is 0 Å². The molecular formula is C29H36O8. The Balaban J connectivity index is 1.74. The van der Waals surface area contributed by atoms with Crippen molar-refractivity contribution >= 4 is 17.7 Å². The first kappa shape index (κ1) is 26.1. The summed E-state index contributed by atoms with van der Waals surface area (Å²) in [6.45, 7) is 8.73. The highest BCUT2D eigenvalue weighted by Crippen LogP contribution is 2.62. The van der Waals surface area contributed by atoms with Gasteiger partial charge >= 0.3 is 11.9 Å². The van der Waals surface area contributed by atoms with Crippen LogP contribution in [0, 0.1) is 22.7 Å². The minimum atomic E-state index is -1.60. The highest BCUT2D eigenvalue weighted by atomic mass is 16.6. The molecule has 8 heteroatoms. The molecule has 1 aliphatic heterocycles. The maximum Gasteiger partial charge on any atom is 0.338 e. The van der Waals surface area contributed by atoms with Crippen LogP contribution < -0.4 is 0 Å². The lowest BCUT2D eigenvalue weighted by molar-refractivity contribution is -0.274. The highest BCUT2D eigenvalue weighted by molar-refractivity contribution is 5.95. The number of aliphatic hydroxyl groups is 2. The molecule has 5 rings (SSSR count). The van der Waals surface area contributed by atoms with E-state index in [2.05, 4.69) is 0 Å². The van der Waals surface area contributed by atoms with Gasteiger partial charge in [0, 0.05) is 30.6 Å². The van der Waals surface area contributed by atoms with Crippen LogP contribution in [0.2, 0.25) is 0 Å². The van der Waals surface area contributed by atoms with Gasteiger partial charge in [-0.15, -0.1) is 0 Å². The Morgan fingerprint density at radius 3 is 2.38 bits per heavy atom. The molecule has 1 saturated heterocycles. The van der Waals surface area contributed by atoms with Crippen molar-refractivity contribution in [3.63, 3.8) is 0 Å². The zero-order chi connectivity index (χ0) is 26.9. The van der Waals surface area contributed by atoms with Crippen molar-refractivity contribution in [2.75, 3.05) is 6.61 Å². The summed E-state index contributed by atoms with van der Waals surface area (Å²) in [6.07, 6.45) is -2.89. The van der Waals surface area contributed by atoms with E-state index in [1.54, 1.807) is 37.3 Å². The van der Waals surface area contributed by atoms with Crippen LogP contribution >= 0.6 is 0 Å². The number of hydrogen-bond acceptors (Lipinski definition) is 8. The van der Waals surface area contributed by atoms with Gasteiger partial charge in [0.05, 0.1) is 29.8 Å². The lowest BCUT2D eigenvalue weighted by Crippen LogP contribution is -2.74. The molecule has 2 bridgehead atoms. The third-order valence-corrected chi connectivity index (χ3v) is 9.73. The number of Topliss-reactive ketones (excluding diaryl/α,β-unsaturated/α-hetero) is 1. The van der Waals surface area contributed by atoms with Crippen molar-refractivity contribution in [3.8, 4) is 0 Å². The molecule has 0 aromatic heterocycles. The van der Waals surface area contributed by atoms with Crippen molar-refractivity contribution in [2.45, 2.75) is 83.9 Å². The van der Waals surface area contributed by atoms with Crippen molar-refractivity contribution in [1.29, 1.82) is 0 Å². The van der Waals surface area contributed by atoms with Crippen molar-refractivity contribution in [2.24, 2.45) is 22.7 Å². The SMILES string of the molecule is CC(=O)OC1C(=O)[C@]2(C)C(C(OC(=O)c3ccccc3)C3(O)CCC(C)=C1C3(C)C)[C@H]1CO[C@H]1C[C@H]2O. The molecule has 8 atom stereocenters. The van der Waals surface area contributed by atoms with Gasteiger partial charge < -0.3 is 24.4 Å². The van der Waals surface area contributed by atoms with Gasteiger partial charge in [0.25, 0.3) is 0 Å². The predicted molar refractivity (Wildman–Crippen MR) is 132 cm³/mol. The minimum absolute atomic E-state index is 0.225. The van der Waals surface area contributed by atoms with Crippen molar-refractivity contribution in [1.82, 2.24) is 0 Å². The fourth-order valence-electron chi connectivity index (χ4n) is 7.48. The number of aliphatic hydroxyl groups excluding tert-OH is 1. The van der Waals surface area contributed by atoms with E-state index in [0.717, 1.165) is 5.57 Å². The number of fused-ring (bicyclic) bond motifs is 5. The molecule has 2 N–H and O–H groups in total. The highest BCUT2D eigenvalue weighted by Gasteiger charge is 2.71. The number of ketones is 1. The van der Waals surface area contributed by atoms with E-state index in [1.807, 2.05) is 20.8 Å². The Kier molecular flexibility index (Phi) is 6.17. The van der Waals surface area contributed by atoms with Crippen LogP contribution in [0.1, 0.15) is 64.2 Å². The lowest BCUT2D eigenvalue weighted by Gasteiger charge is -2.64. The summed E-state index contributed by atoms with van der Waals surface area (Å²) in [4.78, 5) is 40.2. The first-order chi connectivity index (χ1) is 17.3. The van der Waals surface area contributed by atoms with Crippen LogP contribution in [-0.4, -0.2) is 64.6 Å². The first-order valence-electron chi connectivity index (χ1n) is 13.0. The number of hydrogen-bond donors (Lipinski definition) is 2. The monoisotopic (exact) mass is 512 g/mol. The Morgan fingerprint density at radius 1 is 1.11 bits per heavy atom. The molecule has 3 fully saturated rings. The van der Waals surface area contributed by atoms with Crippen LogP contribution in [0.3, 0.4) is 0 Å². The number of carbonyl (C=O) groups is 3. The standard InChI is InChI=1S/C29H36O8/c1-15-11-12-29(34)25(37-26(33)17-9-7-6-8-10-17)22-18-14-35-19(18)13-20(31)28(22,5)24(32)23(36-16(2)30)21(15)27(29,3)4/h6-10,18-20,22-23,25,31,34H,11-14H2,1-5H3/t18-,19-,20+,22?,23?,25?,28-,29?/m0/s1. The average Bonchev–Trinajstić information content (AvgIpc) is 2.83. The molecule has 0 radical (unpaired) electrons. The maximum atomic E-state index is 14.5. The van der Waals surface area contributed by atoms with Gasteiger partial charge in [0.15, 0.2) is 11.9 Å². The number of allylic oxidation sites excluding steroid dienone is 1. The normalized spacial score (nSPS) is 40.4. The molecule has 1 aromatic rings. The van der Waals surface area contributed by atoms with E-state index >= 15 is 0 Å². The molecule has 0 amide bonds. The largest absolute Gasteiger partial charge is 0.455 e. The van der Waals surface area contributed by atoms with Gasteiger partial charge in [-0.3, -0.25) is 9.59 Å². The van der Waals surface area contributed by atoms with E-state index in [1.165, 1.54) is 6.92 Å². The third kappa shape index (κ3) is 3.63.